The number of hydrogen-bond donors (Lipinski definition) is 2. The lowest BCUT2D eigenvalue weighted by molar-refractivity contribution is 0.112. The van der Waals surface area contributed by atoms with Gasteiger partial charge in [0.25, 0.3) is 0 Å². The van der Waals surface area contributed by atoms with E-state index in [2.05, 4.69) is 0 Å². The number of para-hydroxylation sites is 1. The van der Waals surface area contributed by atoms with Gasteiger partial charge in [-0.3, -0.25) is 9.59 Å². The quantitative estimate of drug-likeness (QED) is 0.640. The van der Waals surface area contributed by atoms with Crippen molar-refractivity contribution in [2.24, 2.45) is 0 Å². The van der Waals surface area contributed by atoms with E-state index in [9.17, 15) is 19.8 Å². The van der Waals surface area contributed by atoms with Gasteiger partial charge in [-0.1, -0.05) is 24.3 Å². The Hall–Kier alpha value is -2.62. The predicted molar refractivity (Wildman–Crippen MR) is 66.0 cm³/mol. The fourth-order valence-corrected chi connectivity index (χ4v) is 1.75. The van der Waals surface area contributed by atoms with Gasteiger partial charge in [-0.15, -0.1) is 0 Å². The zero-order valence-electron chi connectivity index (χ0n) is 9.33. The molecule has 2 aromatic rings. The molecule has 0 fully saturated rings. The molecule has 4 heteroatoms. The second-order valence-electron chi connectivity index (χ2n) is 3.76. The van der Waals surface area contributed by atoms with Crippen LogP contribution in [-0.4, -0.2) is 22.8 Å². The normalized spacial score (nSPS) is 10.0. The highest BCUT2D eigenvalue weighted by Gasteiger charge is 2.12. The number of aromatic hydroxyl groups is 2. The summed E-state index contributed by atoms with van der Waals surface area (Å²) in [5.74, 6) is -0.553. The van der Waals surface area contributed by atoms with Gasteiger partial charge in [0, 0.05) is 16.7 Å². The van der Waals surface area contributed by atoms with Crippen molar-refractivity contribution in [1.29, 1.82) is 0 Å². The number of carbonyl (C=O) groups is 2. The number of hydrogen-bond acceptors (Lipinski definition) is 4. The van der Waals surface area contributed by atoms with Gasteiger partial charge in [-0.2, -0.15) is 0 Å². The molecular weight excluding hydrogens is 232 g/mol. The molecule has 2 rings (SSSR count). The first-order chi connectivity index (χ1) is 8.67. The standard InChI is InChI=1S/C14H10O4/c15-7-9-4-5-11(10(6-9)8-16)12-2-1-3-13(17)14(12)18/h1-8,17-18H. The van der Waals surface area contributed by atoms with Crippen molar-refractivity contribution in [2.75, 3.05) is 0 Å². The molecule has 2 aromatic carbocycles. The van der Waals surface area contributed by atoms with Crippen molar-refractivity contribution in [3.05, 3.63) is 47.5 Å². The fraction of sp³-hybridized carbons (Fsp3) is 0. The molecule has 0 aliphatic rings. The third-order valence-corrected chi connectivity index (χ3v) is 2.64. The summed E-state index contributed by atoms with van der Waals surface area (Å²) in [7, 11) is 0. The van der Waals surface area contributed by atoms with Crippen molar-refractivity contribution in [3.63, 3.8) is 0 Å². The molecule has 4 nitrogen and oxygen atoms in total. The Balaban J connectivity index is 2.67. The molecule has 0 amide bonds. The van der Waals surface area contributed by atoms with Gasteiger partial charge >= 0.3 is 0 Å². The van der Waals surface area contributed by atoms with Crippen LogP contribution in [-0.2, 0) is 0 Å². The van der Waals surface area contributed by atoms with Crippen LogP contribution in [0.3, 0.4) is 0 Å². The van der Waals surface area contributed by atoms with Crippen molar-refractivity contribution < 1.29 is 19.8 Å². The van der Waals surface area contributed by atoms with Crippen LogP contribution >= 0.6 is 0 Å². The van der Waals surface area contributed by atoms with Crippen molar-refractivity contribution in [3.8, 4) is 22.6 Å². The van der Waals surface area contributed by atoms with Gasteiger partial charge in [-0.25, -0.2) is 0 Å². The third kappa shape index (κ3) is 1.96. The third-order valence-electron chi connectivity index (χ3n) is 2.64. The maximum Gasteiger partial charge on any atom is 0.165 e. The molecule has 0 saturated carbocycles. The van der Waals surface area contributed by atoms with Crippen LogP contribution < -0.4 is 0 Å². The molecule has 0 aromatic heterocycles. The van der Waals surface area contributed by atoms with Crippen LogP contribution in [0.25, 0.3) is 11.1 Å². The second-order valence-corrected chi connectivity index (χ2v) is 3.76. The van der Waals surface area contributed by atoms with Crippen molar-refractivity contribution in [1.82, 2.24) is 0 Å². The van der Waals surface area contributed by atoms with Gasteiger partial charge in [0.15, 0.2) is 17.8 Å². The van der Waals surface area contributed by atoms with Gasteiger partial charge in [0.05, 0.1) is 0 Å². The van der Waals surface area contributed by atoms with E-state index < -0.39 is 0 Å². The van der Waals surface area contributed by atoms with E-state index in [0.29, 0.717) is 29.3 Å². The van der Waals surface area contributed by atoms with Crippen LogP contribution in [0.15, 0.2) is 36.4 Å². The number of carbonyl (C=O) groups excluding carboxylic acids is 2. The molecule has 0 heterocycles. The molecule has 2 N–H and O–H groups in total. The summed E-state index contributed by atoms with van der Waals surface area (Å²) in [5, 5.41) is 19.2. The summed E-state index contributed by atoms with van der Waals surface area (Å²) < 4.78 is 0. The summed E-state index contributed by atoms with van der Waals surface area (Å²) in [6.45, 7) is 0. The Morgan fingerprint density at radius 3 is 2.33 bits per heavy atom. The maximum atomic E-state index is 11.0. The van der Waals surface area contributed by atoms with E-state index in [0.717, 1.165) is 0 Å². The maximum absolute atomic E-state index is 11.0. The summed E-state index contributed by atoms with van der Waals surface area (Å²) in [5.41, 5.74) is 1.46. The smallest absolute Gasteiger partial charge is 0.165 e. The Morgan fingerprint density at radius 2 is 1.67 bits per heavy atom. The number of benzene rings is 2. The fourth-order valence-electron chi connectivity index (χ4n) is 1.75. The minimum atomic E-state index is -0.292. The summed E-state index contributed by atoms with van der Waals surface area (Å²) in [6, 6.07) is 9.02. The zero-order chi connectivity index (χ0) is 13.1. The number of aldehydes is 2. The van der Waals surface area contributed by atoms with E-state index in [1.165, 1.54) is 12.1 Å². The van der Waals surface area contributed by atoms with Crippen LogP contribution in [0.1, 0.15) is 20.7 Å². The van der Waals surface area contributed by atoms with Crippen LogP contribution in [0.5, 0.6) is 11.5 Å². The van der Waals surface area contributed by atoms with E-state index in [1.54, 1.807) is 24.3 Å². The van der Waals surface area contributed by atoms with Gasteiger partial charge in [-0.05, 0) is 17.7 Å². The summed E-state index contributed by atoms with van der Waals surface area (Å²) >= 11 is 0. The van der Waals surface area contributed by atoms with E-state index in [4.69, 9.17) is 0 Å². The highest BCUT2D eigenvalue weighted by Crippen LogP contribution is 2.37. The molecule has 0 atom stereocenters. The lowest BCUT2D eigenvalue weighted by Gasteiger charge is -2.09. The first-order valence-electron chi connectivity index (χ1n) is 5.23. The Labute approximate surface area is 103 Å². The van der Waals surface area contributed by atoms with Crippen LogP contribution in [0, 0.1) is 0 Å². The minimum absolute atomic E-state index is 0.260. The molecular formula is C14H10O4. The lowest BCUT2D eigenvalue weighted by Crippen LogP contribution is -1.91. The Bertz CT molecular complexity index is 617. The predicted octanol–water partition coefficient (Wildman–Crippen LogP) is 2.39. The summed E-state index contributed by atoms with van der Waals surface area (Å²) in [4.78, 5) is 21.6. The first-order valence-corrected chi connectivity index (χ1v) is 5.23. The Kier molecular flexibility index (Phi) is 3.10. The lowest BCUT2D eigenvalue weighted by atomic mass is 9.97. The van der Waals surface area contributed by atoms with E-state index >= 15 is 0 Å². The molecule has 0 unspecified atom stereocenters. The number of rotatable bonds is 3. The second kappa shape index (κ2) is 4.71. The highest BCUT2D eigenvalue weighted by molar-refractivity contribution is 5.92. The largest absolute Gasteiger partial charge is 0.504 e. The monoisotopic (exact) mass is 242 g/mol. The highest BCUT2D eigenvalue weighted by atomic mass is 16.3. The minimum Gasteiger partial charge on any atom is -0.504 e. The molecule has 0 spiro atoms. The average Bonchev–Trinajstić information content (AvgIpc) is 2.41. The average molecular weight is 242 g/mol. The number of phenols is 2. The molecule has 0 radical (unpaired) electrons. The Morgan fingerprint density at radius 1 is 0.889 bits per heavy atom. The topological polar surface area (TPSA) is 74.6 Å². The van der Waals surface area contributed by atoms with Gasteiger partial charge in [0.2, 0.25) is 0 Å². The molecule has 90 valence electrons. The van der Waals surface area contributed by atoms with Crippen molar-refractivity contribution in [2.45, 2.75) is 0 Å². The zero-order valence-corrected chi connectivity index (χ0v) is 9.33. The first kappa shape index (κ1) is 11.9. The van der Waals surface area contributed by atoms with Crippen molar-refractivity contribution >= 4 is 12.6 Å². The molecule has 0 saturated heterocycles. The molecule has 0 aliphatic heterocycles. The molecule has 0 aliphatic carbocycles. The SMILES string of the molecule is O=Cc1ccc(-c2cccc(O)c2O)c(C=O)c1. The van der Waals surface area contributed by atoms with Crippen LogP contribution in [0.4, 0.5) is 0 Å². The molecule has 18 heavy (non-hydrogen) atoms. The summed E-state index contributed by atoms with van der Waals surface area (Å²) in [6.07, 6.45) is 1.24. The molecule has 0 bridgehead atoms. The number of phenolic OH excluding ortho intramolecular Hbond substituents is 2. The van der Waals surface area contributed by atoms with Crippen LogP contribution in [0.2, 0.25) is 0 Å². The van der Waals surface area contributed by atoms with E-state index in [-0.39, 0.29) is 17.1 Å². The van der Waals surface area contributed by atoms with E-state index in [1.807, 2.05) is 0 Å². The van der Waals surface area contributed by atoms with Gasteiger partial charge < -0.3 is 10.2 Å². The van der Waals surface area contributed by atoms with Gasteiger partial charge in [0.1, 0.15) is 6.29 Å².